The molecule has 0 saturated carbocycles. The summed E-state index contributed by atoms with van der Waals surface area (Å²) in [7, 11) is 2.08. The van der Waals surface area contributed by atoms with E-state index in [2.05, 4.69) is 54.7 Å². The van der Waals surface area contributed by atoms with Crippen LogP contribution in [0.15, 0.2) is 0 Å². The molecule has 2 atom stereocenters. The highest BCUT2D eigenvalue weighted by Crippen LogP contribution is 2.28. The summed E-state index contributed by atoms with van der Waals surface area (Å²) in [6, 6.07) is 0.567. The van der Waals surface area contributed by atoms with E-state index in [1.165, 1.54) is 32.8 Å². The van der Waals surface area contributed by atoms with Gasteiger partial charge in [0.2, 0.25) is 0 Å². The monoisotopic (exact) mass is 288 g/mol. The number of thiazole rings is 1. The predicted octanol–water partition coefficient (Wildman–Crippen LogP) is 2.74. The molecule has 1 aliphatic heterocycles. The highest BCUT2D eigenvalue weighted by molar-refractivity contribution is 8.06. The summed E-state index contributed by atoms with van der Waals surface area (Å²) < 4.78 is 0. The Kier molecular flexibility index (Phi) is 5.21. The van der Waals surface area contributed by atoms with Crippen molar-refractivity contribution in [3.63, 3.8) is 0 Å². The third-order valence-corrected chi connectivity index (χ3v) is 7.14. The van der Waals surface area contributed by atoms with Crippen LogP contribution in [0.4, 0.5) is 0 Å². The first kappa shape index (κ1) is 13.7. The molecule has 2 rings (SSSR count). The third-order valence-electron chi connectivity index (χ3n) is 3.13. The molecule has 1 aromatic rings. The van der Waals surface area contributed by atoms with E-state index in [0.29, 0.717) is 6.04 Å². The molecule has 96 valence electrons. The second-order valence-corrected chi connectivity index (χ2v) is 8.12. The summed E-state index contributed by atoms with van der Waals surface area (Å²) in [5, 5.41) is 5.51. The number of thioether (sulfide) groups is 2. The molecule has 0 aliphatic carbocycles. The van der Waals surface area contributed by atoms with Gasteiger partial charge in [-0.25, -0.2) is 4.98 Å². The zero-order valence-electron chi connectivity index (χ0n) is 10.7. The fourth-order valence-corrected chi connectivity index (χ4v) is 5.89. The van der Waals surface area contributed by atoms with Crippen molar-refractivity contribution in [2.45, 2.75) is 31.6 Å². The molecule has 1 saturated heterocycles. The minimum atomic E-state index is 0.567. The normalized spacial score (nSPS) is 22.6. The first-order valence-electron chi connectivity index (χ1n) is 6.00. The van der Waals surface area contributed by atoms with Gasteiger partial charge in [-0.05, 0) is 20.9 Å². The summed E-state index contributed by atoms with van der Waals surface area (Å²) in [5.41, 5.74) is 1.20. The van der Waals surface area contributed by atoms with Crippen LogP contribution in [0.2, 0.25) is 0 Å². The molecule has 0 spiro atoms. The Balaban J connectivity index is 1.98. The van der Waals surface area contributed by atoms with Gasteiger partial charge in [0.1, 0.15) is 0 Å². The van der Waals surface area contributed by atoms with Crippen LogP contribution in [-0.4, -0.2) is 40.6 Å². The Morgan fingerprint density at radius 3 is 2.76 bits per heavy atom. The topological polar surface area (TPSA) is 24.9 Å². The zero-order chi connectivity index (χ0) is 12.3. The summed E-state index contributed by atoms with van der Waals surface area (Å²) in [4.78, 5) is 6.02. The van der Waals surface area contributed by atoms with Crippen molar-refractivity contribution < 1.29 is 0 Å². The Bertz CT molecular complexity index is 339. The van der Waals surface area contributed by atoms with Gasteiger partial charge >= 0.3 is 0 Å². The van der Waals surface area contributed by atoms with Crippen molar-refractivity contribution in [2.24, 2.45) is 0 Å². The maximum Gasteiger partial charge on any atom is 0.0946 e. The summed E-state index contributed by atoms with van der Waals surface area (Å²) in [6.45, 7) is 4.27. The van der Waals surface area contributed by atoms with Crippen LogP contribution >= 0.6 is 34.9 Å². The van der Waals surface area contributed by atoms with Gasteiger partial charge in [0.25, 0.3) is 0 Å². The van der Waals surface area contributed by atoms with Crippen LogP contribution in [0.1, 0.15) is 15.6 Å². The Hall–Kier alpha value is 0.290. The van der Waals surface area contributed by atoms with Crippen LogP contribution in [0.5, 0.6) is 0 Å². The van der Waals surface area contributed by atoms with Gasteiger partial charge in [0.05, 0.1) is 10.7 Å². The molecular formula is C12H20N2S3. The average molecular weight is 289 g/mol. The lowest BCUT2D eigenvalue weighted by Crippen LogP contribution is -2.40. The fourth-order valence-electron chi connectivity index (χ4n) is 1.97. The molecule has 1 aliphatic rings. The predicted molar refractivity (Wildman–Crippen MR) is 81.7 cm³/mol. The molecule has 2 unspecified atom stereocenters. The number of rotatable bonds is 4. The molecule has 5 heteroatoms. The maximum atomic E-state index is 4.66. The molecule has 2 nitrogen and oxygen atoms in total. The van der Waals surface area contributed by atoms with E-state index in [-0.39, 0.29) is 0 Å². The largest absolute Gasteiger partial charge is 0.315 e. The summed E-state index contributed by atoms with van der Waals surface area (Å²) in [5.74, 6) is 3.88. The van der Waals surface area contributed by atoms with Crippen molar-refractivity contribution in [2.75, 3.05) is 24.3 Å². The number of hydrogen-bond acceptors (Lipinski definition) is 5. The van der Waals surface area contributed by atoms with Gasteiger partial charge in [-0.2, -0.15) is 23.5 Å². The Morgan fingerprint density at radius 2 is 2.24 bits per heavy atom. The first-order valence-corrected chi connectivity index (χ1v) is 9.02. The summed E-state index contributed by atoms with van der Waals surface area (Å²) >= 11 is 6.06. The standard InChI is InChI=1S/C12H20N2S3/c1-8-9(2)17-12(14-8)6-10(13-3)11-7-15-4-5-16-11/h10-11,13H,4-7H2,1-3H3. The second-order valence-electron chi connectivity index (χ2n) is 4.33. The smallest absolute Gasteiger partial charge is 0.0946 e. The van der Waals surface area contributed by atoms with E-state index in [1.807, 2.05) is 11.3 Å². The molecule has 1 N–H and O–H groups in total. The Morgan fingerprint density at radius 1 is 1.41 bits per heavy atom. The van der Waals surface area contributed by atoms with E-state index >= 15 is 0 Å². The maximum absolute atomic E-state index is 4.66. The number of aromatic nitrogens is 1. The minimum absolute atomic E-state index is 0.567. The van der Waals surface area contributed by atoms with Gasteiger partial charge in [-0.3, -0.25) is 0 Å². The third kappa shape index (κ3) is 3.63. The van der Waals surface area contributed by atoms with Crippen LogP contribution < -0.4 is 5.32 Å². The summed E-state index contributed by atoms with van der Waals surface area (Å²) in [6.07, 6.45) is 1.08. The van der Waals surface area contributed by atoms with E-state index in [1.54, 1.807) is 0 Å². The molecule has 0 radical (unpaired) electrons. The number of hydrogen-bond donors (Lipinski definition) is 1. The van der Waals surface area contributed by atoms with Gasteiger partial charge in [-0.15, -0.1) is 11.3 Å². The molecule has 0 aromatic carbocycles. The number of nitrogens with one attached hydrogen (secondary N) is 1. The quantitative estimate of drug-likeness (QED) is 0.921. The van der Waals surface area contributed by atoms with E-state index in [0.717, 1.165) is 11.7 Å². The van der Waals surface area contributed by atoms with Gasteiger partial charge in [-0.1, -0.05) is 0 Å². The Labute approximate surface area is 116 Å². The van der Waals surface area contributed by atoms with Crippen LogP contribution in [0, 0.1) is 13.8 Å². The molecule has 0 bridgehead atoms. The highest BCUT2D eigenvalue weighted by Gasteiger charge is 2.24. The first-order chi connectivity index (χ1) is 8.20. The average Bonchev–Trinajstić information content (AvgIpc) is 2.67. The molecule has 1 fully saturated rings. The van der Waals surface area contributed by atoms with Crippen LogP contribution in [0.25, 0.3) is 0 Å². The van der Waals surface area contributed by atoms with Gasteiger partial charge in [0.15, 0.2) is 0 Å². The van der Waals surface area contributed by atoms with Crippen molar-refractivity contribution in [1.82, 2.24) is 10.3 Å². The van der Waals surface area contributed by atoms with Gasteiger partial charge in [0, 0.05) is 39.8 Å². The van der Waals surface area contributed by atoms with E-state index < -0.39 is 0 Å². The number of likely N-dealkylation sites (N-methyl/N-ethyl adjacent to an activating group) is 1. The van der Waals surface area contributed by atoms with E-state index in [4.69, 9.17) is 0 Å². The molecule has 2 heterocycles. The molecule has 1 aromatic heterocycles. The zero-order valence-corrected chi connectivity index (χ0v) is 13.1. The van der Waals surface area contributed by atoms with Crippen molar-refractivity contribution in [3.8, 4) is 0 Å². The lowest BCUT2D eigenvalue weighted by molar-refractivity contribution is 0.555. The highest BCUT2D eigenvalue weighted by atomic mass is 32.2. The fraction of sp³-hybridized carbons (Fsp3) is 0.750. The van der Waals surface area contributed by atoms with Crippen molar-refractivity contribution >= 4 is 34.9 Å². The molecular weight excluding hydrogens is 268 g/mol. The van der Waals surface area contributed by atoms with Gasteiger partial charge < -0.3 is 5.32 Å². The van der Waals surface area contributed by atoms with Crippen molar-refractivity contribution in [3.05, 3.63) is 15.6 Å². The van der Waals surface area contributed by atoms with E-state index in [9.17, 15) is 0 Å². The number of aryl methyl sites for hydroxylation is 2. The van der Waals surface area contributed by atoms with Crippen LogP contribution in [-0.2, 0) is 6.42 Å². The van der Waals surface area contributed by atoms with Crippen LogP contribution in [0.3, 0.4) is 0 Å². The lowest BCUT2D eigenvalue weighted by Gasteiger charge is -2.28. The molecule has 0 amide bonds. The van der Waals surface area contributed by atoms with Crippen molar-refractivity contribution in [1.29, 1.82) is 0 Å². The SMILES string of the molecule is CNC(Cc1nc(C)c(C)s1)C1CSCCS1. The second kappa shape index (κ2) is 6.45. The minimum Gasteiger partial charge on any atom is -0.315 e. The molecule has 17 heavy (non-hydrogen) atoms. The lowest BCUT2D eigenvalue weighted by atomic mass is 10.1. The number of nitrogens with zero attached hydrogens (tertiary/aromatic N) is 1.